The molecule has 1 aliphatic rings. The summed E-state index contributed by atoms with van der Waals surface area (Å²) in [7, 11) is 6.80. The lowest BCUT2D eigenvalue weighted by Gasteiger charge is -2.45. The zero-order valence-electron chi connectivity index (χ0n) is 19.9. The highest BCUT2D eigenvalue weighted by Gasteiger charge is 2.50. The molecule has 1 aromatic rings. The van der Waals surface area contributed by atoms with Crippen molar-refractivity contribution < 1.29 is 23.7 Å². The minimum absolute atomic E-state index is 0.230. The van der Waals surface area contributed by atoms with Gasteiger partial charge in [0, 0.05) is 19.8 Å². The van der Waals surface area contributed by atoms with Crippen LogP contribution in [0.4, 0.5) is 0 Å². The molecule has 0 saturated carbocycles. The van der Waals surface area contributed by atoms with Gasteiger partial charge in [-0.2, -0.15) is 0 Å². The van der Waals surface area contributed by atoms with Gasteiger partial charge in [0.15, 0.2) is 0 Å². The number of hydrogen-bond donors (Lipinski definition) is 0. The molecule has 3 atom stereocenters. The van der Waals surface area contributed by atoms with Crippen molar-refractivity contribution in [2.45, 2.75) is 70.7 Å². The molecule has 1 aliphatic carbocycles. The molecule has 0 amide bonds. The quantitative estimate of drug-likeness (QED) is 0.224. The third kappa shape index (κ3) is 4.53. The van der Waals surface area contributed by atoms with Crippen molar-refractivity contribution in [3.8, 4) is 11.5 Å². The normalized spacial score (nSPS) is 23.8. The molecule has 0 aliphatic heterocycles. The van der Waals surface area contributed by atoms with Crippen molar-refractivity contribution in [2.75, 3.05) is 35.0 Å². The third-order valence-corrected chi connectivity index (χ3v) is 6.29. The van der Waals surface area contributed by atoms with Gasteiger partial charge in [0.1, 0.15) is 17.1 Å². The van der Waals surface area contributed by atoms with Crippen LogP contribution in [0.25, 0.3) is 0 Å². The molecule has 0 spiro atoms. The largest absolute Gasteiger partial charge is 0.496 e. The average molecular weight is 421 g/mol. The van der Waals surface area contributed by atoms with Crippen LogP contribution >= 0.6 is 0 Å². The lowest BCUT2D eigenvalue weighted by Crippen LogP contribution is -2.44. The number of ether oxygens (including phenoxy) is 5. The second kappa shape index (κ2) is 11.2. The summed E-state index contributed by atoms with van der Waals surface area (Å²) >= 11 is 0. The minimum atomic E-state index is -1.05. The van der Waals surface area contributed by atoms with E-state index in [1.54, 1.807) is 28.4 Å². The fourth-order valence-corrected chi connectivity index (χ4v) is 4.47. The van der Waals surface area contributed by atoms with E-state index >= 15 is 0 Å². The molecule has 5 heteroatoms. The second-order valence-electron chi connectivity index (χ2n) is 8.02. The van der Waals surface area contributed by atoms with Crippen LogP contribution < -0.4 is 9.47 Å². The Labute approximate surface area is 182 Å². The van der Waals surface area contributed by atoms with Gasteiger partial charge in [-0.15, -0.1) is 0 Å². The first kappa shape index (κ1) is 24.7. The summed E-state index contributed by atoms with van der Waals surface area (Å²) in [5.74, 6) is 0.638. The fourth-order valence-electron chi connectivity index (χ4n) is 4.47. The van der Waals surface area contributed by atoms with E-state index in [0.29, 0.717) is 12.4 Å². The Hall–Kier alpha value is -1.56. The number of benzene rings is 1. The number of methoxy groups -OCH3 is 4. The zero-order valence-corrected chi connectivity index (χ0v) is 19.9. The maximum atomic E-state index is 6.39. The lowest BCUT2D eigenvalue weighted by molar-refractivity contribution is -0.203. The summed E-state index contributed by atoms with van der Waals surface area (Å²) in [5, 5.41) is 0. The smallest absolute Gasteiger partial charge is 0.219 e. The summed E-state index contributed by atoms with van der Waals surface area (Å²) in [6.07, 6.45) is 10.6. The molecular weight excluding hydrogens is 380 g/mol. The topological polar surface area (TPSA) is 46.2 Å². The molecule has 170 valence electrons. The van der Waals surface area contributed by atoms with Gasteiger partial charge < -0.3 is 23.7 Å². The second-order valence-corrected chi connectivity index (χ2v) is 8.02. The van der Waals surface area contributed by atoms with Crippen LogP contribution in [0, 0.1) is 5.92 Å². The van der Waals surface area contributed by atoms with Gasteiger partial charge in [-0.3, -0.25) is 0 Å². The fraction of sp³-hybridized carbons (Fsp3) is 0.680. The summed E-state index contributed by atoms with van der Waals surface area (Å²) < 4.78 is 30.3. The van der Waals surface area contributed by atoms with E-state index in [2.05, 4.69) is 26.8 Å². The molecule has 0 N–H and O–H groups in total. The van der Waals surface area contributed by atoms with Gasteiger partial charge in [0.25, 0.3) is 0 Å². The van der Waals surface area contributed by atoms with E-state index in [0.717, 1.165) is 55.4 Å². The van der Waals surface area contributed by atoms with Crippen LogP contribution in [0.15, 0.2) is 24.3 Å². The molecule has 0 saturated heterocycles. The van der Waals surface area contributed by atoms with Gasteiger partial charge >= 0.3 is 0 Å². The van der Waals surface area contributed by atoms with Crippen LogP contribution in [-0.4, -0.2) is 35.0 Å². The minimum Gasteiger partial charge on any atom is -0.496 e. The average Bonchev–Trinajstić information content (AvgIpc) is 2.79. The molecule has 3 unspecified atom stereocenters. The highest BCUT2D eigenvalue weighted by atomic mass is 16.7. The SMILES string of the molecule is CCCCCOC1(OC)C=CC(OC)(C(C)CCCC)c2c(OC)ccc(OC)c21. The molecule has 0 radical (unpaired) electrons. The van der Waals surface area contributed by atoms with Gasteiger partial charge in [-0.05, 0) is 43.0 Å². The Morgan fingerprint density at radius 3 is 1.97 bits per heavy atom. The van der Waals surface area contributed by atoms with E-state index in [1.807, 2.05) is 18.2 Å². The van der Waals surface area contributed by atoms with Gasteiger partial charge in [-0.1, -0.05) is 46.5 Å². The van der Waals surface area contributed by atoms with Crippen LogP contribution in [-0.2, 0) is 25.6 Å². The number of hydrogen-bond acceptors (Lipinski definition) is 5. The number of rotatable bonds is 13. The maximum Gasteiger partial charge on any atom is 0.219 e. The molecule has 30 heavy (non-hydrogen) atoms. The number of unbranched alkanes of at least 4 members (excludes halogenated alkanes) is 3. The molecule has 5 nitrogen and oxygen atoms in total. The van der Waals surface area contributed by atoms with E-state index in [1.165, 1.54) is 0 Å². The van der Waals surface area contributed by atoms with Crippen molar-refractivity contribution in [1.29, 1.82) is 0 Å². The Morgan fingerprint density at radius 2 is 1.43 bits per heavy atom. The predicted molar refractivity (Wildman–Crippen MR) is 120 cm³/mol. The summed E-state index contributed by atoms with van der Waals surface area (Å²) in [6, 6.07) is 3.85. The Morgan fingerprint density at radius 1 is 0.800 bits per heavy atom. The highest BCUT2D eigenvalue weighted by Crippen LogP contribution is 2.54. The first-order valence-corrected chi connectivity index (χ1v) is 11.2. The first-order chi connectivity index (χ1) is 14.5. The third-order valence-electron chi connectivity index (χ3n) is 6.29. The van der Waals surface area contributed by atoms with Crippen molar-refractivity contribution in [1.82, 2.24) is 0 Å². The van der Waals surface area contributed by atoms with Crippen LogP contribution in [0.3, 0.4) is 0 Å². The Balaban J connectivity index is 2.69. The molecule has 0 fully saturated rings. The summed E-state index contributed by atoms with van der Waals surface area (Å²) in [5.41, 5.74) is 1.10. The standard InChI is InChI=1S/C25H40O5/c1-8-10-12-18-30-25(29-7)17-16-24(28-6,19(3)13-11-9-2)22-20(26-4)14-15-21(27-5)23(22)25/h14-17,19H,8-13,18H2,1-7H3. The first-order valence-electron chi connectivity index (χ1n) is 11.2. The van der Waals surface area contributed by atoms with Crippen LogP contribution in [0.1, 0.15) is 70.4 Å². The van der Waals surface area contributed by atoms with E-state index in [4.69, 9.17) is 23.7 Å². The van der Waals surface area contributed by atoms with Gasteiger partial charge in [0.2, 0.25) is 5.79 Å². The lowest BCUT2D eigenvalue weighted by atomic mass is 9.72. The molecule has 2 rings (SSSR count). The van der Waals surface area contributed by atoms with E-state index in [-0.39, 0.29) is 5.92 Å². The highest BCUT2D eigenvalue weighted by molar-refractivity contribution is 5.59. The molecule has 0 heterocycles. The Kier molecular flexibility index (Phi) is 9.20. The van der Waals surface area contributed by atoms with Crippen molar-refractivity contribution in [2.24, 2.45) is 5.92 Å². The monoisotopic (exact) mass is 420 g/mol. The van der Waals surface area contributed by atoms with E-state index < -0.39 is 11.4 Å². The van der Waals surface area contributed by atoms with Crippen LogP contribution in [0.5, 0.6) is 11.5 Å². The molecular formula is C25H40O5. The molecule has 0 bridgehead atoms. The zero-order chi connectivity index (χ0) is 22.2. The van der Waals surface area contributed by atoms with E-state index in [9.17, 15) is 0 Å². The maximum absolute atomic E-state index is 6.39. The van der Waals surface area contributed by atoms with Crippen molar-refractivity contribution >= 4 is 0 Å². The molecule has 1 aromatic carbocycles. The number of fused-ring (bicyclic) bond motifs is 1. The predicted octanol–water partition coefficient (Wildman–Crippen LogP) is 5.95. The summed E-state index contributed by atoms with van der Waals surface area (Å²) in [6.45, 7) is 7.21. The van der Waals surface area contributed by atoms with Gasteiger partial charge in [0.05, 0.1) is 26.4 Å². The van der Waals surface area contributed by atoms with Crippen LogP contribution in [0.2, 0.25) is 0 Å². The van der Waals surface area contributed by atoms with Crippen molar-refractivity contribution in [3.63, 3.8) is 0 Å². The molecule has 0 aromatic heterocycles. The van der Waals surface area contributed by atoms with Gasteiger partial charge in [-0.25, -0.2) is 0 Å². The summed E-state index contributed by atoms with van der Waals surface area (Å²) in [4.78, 5) is 0. The van der Waals surface area contributed by atoms with Crippen molar-refractivity contribution in [3.05, 3.63) is 35.4 Å². The Bertz CT molecular complexity index is 701.